The molecule has 2 aliphatic rings. The molecule has 9 N–H and O–H groups in total. The fourth-order valence-corrected chi connectivity index (χ4v) is 6.46. The molecule has 4 rings (SSSR count). The lowest BCUT2D eigenvalue weighted by Crippen LogP contribution is -2.71. The van der Waals surface area contributed by atoms with Gasteiger partial charge in [-0.1, -0.05) is 10.1 Å². The molecule has 19 heteroatoms. The summed E-state index contributed by atoms with van der Waals surface area (Å²) in [5.74, 6) is 4.67. The number of carboxylic acids is 1. The number of aromatic nitrogens is 4. The maximum Gasteiger partial charge on any atom is 0.352 e. The summed E-state index contributed by atoms with van der Waals surface area (Å²) in [6.07, 6.45) is 0. The van der Waals surface area contributed by atoms with Crippen molar-refractivity contribution in [1.82, 2.24) is 24.6 Å². The molecule has 1 unspecified atom stereocenters. The minimum atomic E-state index is -1.26. The minimum Gasteiger partial charge on any atom is -0.477 e. The Balaban J connectivity index is 1.51. The van der Waals surface area contributed by atoms with Crippen molar-refractivity contribution in [1.29, 1.82) is 0 Å². The number of anilines is 3. The molecule has 16 nitrogen and oxygen atoms in total. The van der Waals surface area contributed by atoms with Gasteiger partial charge in [0.25, 0.3) is 11.8 Å². The zero-order chi connectivity index (χ0) is 27.6. The van der Waals surface area contributed by atoms with Gasteiger partial charge in [0.1, 0.15) is 23.7 Å². The van der Waals surface area contributed by atoms with Gasteiger partial charge in [0, 0.05) is 30.1 Å². The molecule has 2 aromatic rings. The summed E-state index contributed by atoms with van der Waals surface area (Å²) in [5, 5.41) is 19.0. The zero-order valence-electron chi connectivity index (χ0n) is 20.1. The predicted octanol–water partition coefficient (Wildman–Crippen LogP) is -1.59. The second-order valence-electron chi connectivity index (χ2n) is 7.69. The Labute approximate surface area is 228 Å². The van der Waals surface area contributed by atoms with E-state index in [1.54, 1.807) is 20.0 Å². The first kappa shape index (κ1) is 27.2. The van der Waals surface area contributed by atoms with Gasteiger partial charge in [0.05, 0.1) is 6.07 Å². The number of nitrogens with one attached hydrogen (secondary N) is 2. The first-order chi connectivity index (χ1) is 18.2. The van der Waals surface area contributed by atoms with Gasteiger partial charge in [-0.2, -0.15) is 9.36 Å². The Kier molecular flexibility index (Phi) is 8.07. The average molecular weight is 583 g/mol. The molecule has 1 saturated heterocycles. The molecule has 2 amide bonds. The molecular formula is C19H24N11O5S3+. The summed E-state index contributed by atoms with van der Waals surface area (Å²) in [6.45, 7) is 1.86. The number of aliphatic carboxylic acids is 1. The number of fused-ring (bicyclic) bond motifs is 1. The van der Waals surface area contributed by atoms with Gasteiger partial charge >= 0.3 is 11.1 Å². The number of carboxylic acid groups (broad SMARTS) is 1. The number of nitrogens with two attached hydrogens (primary N) is 3. The third-order valence-electron chi connectivity index (χ3n) is 5.30. The molecule has 2 atom stereocenters. The summed E-state index contributed by atoms with van der Waals surface area (Å²) in [5.41, 5.74) is 11.6. The van der Waals surface area contributed by atoms with E-state index in [-0.39, 0.29) is 40.5 Å². The normalized spacial score (nSPS) is 19.1. The quantitative estimate of drug-likeness (QED) is 0.0352. The number of rotatable bonds is 10. The number of nitrogen functional groups attached to an aromatic ring is 3. The van der Waals surface area contributed by atoms with Crippen molar-refractivity contribution in [3.05, 3.63) is 23.2 Å². The van der Waals surface area contributed by atoms with Gasteiger partial charge in [-0.05, 0) is 24.3 Å². The Morgan fingerprint density at radius 1 is 1.39 bits per heavy atom. The lowest BCUT2D eigenvalue weighted by atomic mass is 10.0. The molecule has 38 heavy (non-hydrogen) atoms. The molecule has 2 aliphatic heterocycles. The molecule has 0 bridgehead atoms. The van der Waals surface area contributed by atoms with E-state index in [9.17, 15) is 19.5 Å². The third-order valence-corrected chi connectivity index (χ3v) is 8.22. The van der Waals surface area contributed by atoms with E-state index in [1.165, 1.54) is 28.2 Å². The zero-order valence-corrected chi connectivity index (χ0v) is 22.5. The Morgan fingerprint density at radius 2 is 2.16 bits per heavy atom. The Bertz CT molecular complexity index is 1350. The van der Waals surface area contributed by atoms with Crippen LogP contribution in [0.5, 0.6) is 0 Å². The smallest absolute Gasteiger partial charge is 0.352 e. The highest BCUT2D eigenvalue weighted by molar-refractivity contribution is 8.01. The first-order valence-corrected chi connectivity index (χ1v) is 13.8. The topological polar surface area (TPSA) is 241 Å². The molecule has 0 spiro atoms. The molecule has 0 radical (unpaired) electrons. The summed E-state index contributed by atoms with van der Waals surface area (Å²) in [7, 11) is 1.68. The fraction of sp³-hybridized carbons (Fsp3) is 0.368. The highest BCUT2D eigenvalue weighted by atomic mass is 32.2. The van der Waals surface area contributed by atoms with Crippen LogP contribution in [0.15, 0.2) is 27.6 Å². The highest BCUT2D eigenvalue weighted by Gasteiger charge is 2.54. The van der Waals surface area contributed by atoms with Crippen LogP contribution < -0.4 is 32.6 Å². The van der Waals surface area contributed by atoms with E-state index in [1.807, 2.05) is 0 Å². The van der Waals surface area contributed by atoms with E-state index in [0.29, 0.717) is 22.3 Å². The van der Waals surface area contributed by atoms with Crippen LogP contribution in [0.3, 0.4) is 0 Å². The molecule has 0 aliphatic carbocycles. The molecule has 4 heterocycles. The lowest BCUT2D eigenvalue weighted by molar-refractivity contribution is -0.667. The van der Waals surface area contributed by atoms with E-state index in [0.717, 1.165) is 16.4 Å². The Morgan fingerprint density at radius 3 is 2.79 bits per heavy atom. The lowest BCUT2D eigenvalue weighted by Gasteiger charge is -2.49. The van der Waals surface area contributed by atoms with Crippen LogP contribution in [0.2, 0.25) is 0 Å². The molecular weight excluding hydrogens is 558 g/mol. The van der Waals surface area contributed by atoms with Crippen molar-refractivity contribution in [2.24, 2.45) is 5.16 Å². The van der Waals surface area contributed by atoms with Crippen LogP contribution in [-0.2, 0) is 19.2 Å². The maximum atomic E-state index is 13.0. The summed E-state index contributed by atoms with van der Waals surface area (Å²) >= 11 is 3.37. The molecule has 202 valence electrons. The van der Waals surface area contributed by atoms with Gasteiger partial charge in [0.2, 0.25) is 23.2 Å². The average Bonchev–Trinajstić information content (AvgIpc) is 3.32. The number of hydrogen-bond donors (Lipinski definition) is 6. The second-order valence-corrected chi connectivity index (χ2v) is 10.5. The largest absolute Gasteiger partial charge is 0.477 e. The van der Waals surface area contributed by atoms with Gasteiger partial charge in [-0.15, -0.1) is 16.4 Å². The number of hydrogen-bond acceptors (Lipinski definition) is 15. The second kappa shape index (κ2) is 11.3. The molecule has 0 aromatic carbocycles. The number of nitrogens with zero attached hydrogens (tertiary/aromatic N) is 6. The summed E-state index contributed by atoms with van der Waals surface area (Å²) in [6, 6.07) is 0.573. The maximum absolute atomic E-state index is 13.0. The van der Waals surface area contributed by atoms with Crippen molar-refractivity contribution >= 4 is 75.3 Å². The minimum absolute atomic E-state index is 0.0439. The van der Waals surface area contributed by atoms with E-state index in [2.05, 4.69) is 30.1 Å². The monoisotopic (exact) mass is 582 g/mol. The van der Waals surface area contributed by atoms with E-state index >= 15 is 0 Å². The van der Waals surface area contributed by atoms with E-state index < -0.39 is 29.2 Å². The molecule has 1 fully saturated rings. The summed E-state index contributed by atoms with van der Waals surface area (Å²) < 4.78 is 5.27. The predicted molar refractivity (Wildman–Crippen MR) is 141 cm³/mol. The van der Waals surface area contributed by atoms with Crippen LogP contribution in [0.1, 0.15) is 12.7 Å². The third kappa shape index (κ3) is 5.24. The van der Waals surface area contributed by atoms with Crippen molar-refractivity contribution in [2.45, 2.75) is 23.5 Å². The van der Waals surface area contributed by atoms with Crippen molar-refractivity contribution in [3.63, 3.8) is 0 Å². The molecule has 2 aromatic heterocycles. The van der Waals surface area contributed by atoms with Gasteiger partial charge in [-0.3, -0.25) is 20.3 Å². The van der Waals surface area contributed by atoms with Crippen LogP contribution in [0, 0.1) is 0 Å². The van der Waals surface area contributed by atoms with Gasteiger partial charge < -0.3 is 32.0 Å². The molecule has 0 saturated carbocycles. The van der Waals surface area contributed by atoms with Crippen molar-refractivity contribution in [3.8, 4) is 0 Å². The summed E-state index contributed by atoms with van der Waals surface area (Å²) in [4.78, 5) is 52.5. The highest BCUT2D eigenvalue weighted by Crippen LogP contribution is 2.41. The number of amides is 2. The van der Waals surface area contributed by atoms with Crippen molar-refractivity contribution in [2.75, 3.05) is 47.8 Å². The number of β-lactam (4-membered cyclic amide) rings is 1. The Hall–Kier alpha value is -3.84. The van der Waals surface area contributed by atoms with Crippen LogP contribution in [0.4, 0.5) is 16.8 Å². The number of oxime groups is 1. The number of carbonyl (C=O) groups excluding carboxylic acids is 2. The van der Waals surface area contributed by atoms with Crippen LogP contribution >= 0.6 is 35.1 Å². The van der Waals surface area contributed by atoms with Crippen LogP contribution in [0.25, 0.3) is 0 Å². The number of thioether (sulfide) groups is 2. The SMILES string of the molecule is CCO/N=C(\C(=O)NC1C(=O)N2C(C(=O)O)=C(CSc3nc(N)cc(NC)[n+]3N)CS[C@H]12)c1nsc(N)n1. The first-order valence-electron chi connectivity index (χ1n) is 10.9. The van der Waals surface area contributed by atoms with E-state index in [4.69, 9.17) is 22.1 Å². The van der Waals surface area contributed by atoms with Crippen molar-refractivity contribution < 1.29 is 29.0 Å². The van der Waals surface area contributed by atoms with Crippen LogP contribution in [-0.4, -0.2) is 84.4 Å². The fourth-order valence-electron chi connectivity index (χ4n) is 3.60. The van der Waals surface area contributed by atoms with Gasteiger partial charge in [0.15, 0.2) is 5.13 Å². The standard InChI is InChI=1S/C19H23N11O5S3/c1-3-35-27-10(13-26-18(21)38-28-13)14(31)25-11-15(32)29-12(17(33)34)7(5-36-16(11)29)6-37-19-24-8(20)4-9(23-2)30(19)22/h4,11,16H,3,5-6,22H2,1-2H3,(H6,20,21,23,25,26,28,31,33,34)/p+1/b27-10-/t11?,16-/m1/s1. The van der Waals surface area contributed by atoms with Gasteiger partial charge in [-0.25, -0.2) is 4.79 Å². The number of carbonyl (C=O) groups is 3.